The van der Waals surface area contributed by atoms with E-state index in [0.717, 1.165) is 25.2 Å². The molecule has 0 aliphatic carbocycles. The van der Waals surface area contributed by atoms with E-state index in [1.807, 2.05) is 0 Å². The highest BCUT2D eigenvalue weighted by atomic mass is 35.5. The van der Waals surface area contributed by atoms with Crippen LogP contribution in [0.1, 0.15) is 20.3 Å². The minimum atomic E-state index is -0.232. The molecule has 1 aliphatic heterocycles. The highest BCUT2D eigenvalue weighted by Crippen LogP contribution is 2.29. The molecule has 1 fully saturated rings. The molecule has 1 atom stereocenters. The Labute approximate surface area is 107 Å². The number of nitrogens with one attached hydrogen (secondary N) is 1. The zero-order chi connectivity index (χ0) is 12.4. The van der Waals surface area contributed by atoms with Crippen LogP contribution in [0.3, 0.4) is 0 Å². The highest BCUT2D eigenvalue weighted by Gasteiger charge is 2.24. The molecule has 1 aromatic rings. The van der Waals surface area contributed by atoms with Gasteiger partial charge in [-0.2, -0.15) is 0 Å². The first-order valence-corrected chi connectivity index (χ1v) is 6.40. The van der Waals surface area contributed by atoms with Crippen LogP contribution in [0.2, 0.25) is 5.02 Å². The van der Waals surface area contributed by atoms with Crippen molar-refractivity contribution in [2.45, 2.75) is 32.4 Å². The second kappa shape index (κ2) is 5.23. The lowest BCUT2D eigenvalue weighted by Gasteiger charge is -2.21. The number of hydrogen-bond acceptors (Lipinski definition) is 2. The second-order valence-electron chi connectivity index (χ2n) is 4.85. The first-order valence-electron chi connectivity index (χ1n) is 6.02. The molecule has 1 heterocycles. The largest absolute Gasteiger partial charge is 0.369 e. The van der Waals surface area contributed by atoms with Gasteiger partial charge in [-0.3, -0.25) is 0 Å². The molecule has 1 saturated heterocycles. The molecule has 0 bridgehead atoms. The van der Waals surface area contributed by atoms with Crippen LogP contribution in [0.4, 0.5) is 10.1 Å². The van der Waals surface area contributed by atoms with Gasteiger partial charge in [-0.05, 0) is 24.6 Å². The van der Waals surface area contributed by atoms with Gasteiger partial charge >= 0.3 is 0 Å². The van der Waals surface area contributed by atoms with Gasteiger partial charge in [0.05, 0.1) is 10.7 Å². The van der Waals surface area contributed by atoms with Gasteiger partial charge in [0, 0.05) is 25.2 Å². The van der Waals surface area contributed by atoms with E-state index in [0.29, 0.717) is 17.1 Å². The summed E-state index contributed by atoms with van der Waals surface area (Å²) in [5, 5.41) is 4.12. The van der Waals surface area contributed by atoms with Crippen molar-refractivity contribution in [3.05, 3.63) is 29.0 Å². The van der Waals surface area contributed by atoms with Crippen LogP contribution >= 0.6 is 11.6 Å². The minimum Gasteiger partial charge on any atom is -0.369 e. The Morgan fingerprint density at radius 3 is 2.94 bits per heavy atom. The zero-order valence-corrected chi connectivity index (χ0v) is 11.0. The average Bonchev–Trinajstić information content (AvgIpc) is 2.69. The summed E-state index contributed by atoms with van der Waals surface area (Å²) in [4.78, 5) is 2.14. The first-order chi connectivity index (χ1) is 8.06. The van der Waals surface area contributed by atoms with Crippen molar-refractivity contribution in [1.29, 1.82) is 0 Å². The monoisotopic (exact) mass is 256 g/mol. The molecule has 0 saturated carbocycles. The van der Waals surface area contributed by atoms with E-state index in [1.54, 1.807) is 6.07 Å². The van der Waals surface area contributed by atoms with Gasteiger partial charge in [0.25, 0.3) is 0 Å². The maximum atomic E-state index is 13.2. The fourth-order valence-electron chi connectivity index (χ4n) is 2.31. The number of hydrogen-bond donors (Lipinski definition) is 1. The van der Waals surface area contributed by atoms with Crippen LogP contribution in [0.15, 0.2) is 18.2 Å². The standard InChI is InChI=1S/C13H18ClFN2/c1-9(2)16-11-5-6-17(8-11)13-7-10(15)3-4-12(13)14/h3-4,7,9,11,16H,5-6,8H2,1-2H3. The quantitative estimate of drug-likeness (QED) is 0.894. The van der Waals surface area contributed by atoms with Gasteiger partial charge in [0.2, 0.25) is 0 Å². The van der Waals surface area contributed by atoms with Crippen molar-refractivity contribution >= 4 is 17.3 Å². The molecular formula is C13H18ClFN2. The number of rotatable bonds is 3. The molecule has 94 valence electrons. The van der Waals surface area contributed by atoms with Gasteiger partial charge in [-0.1, -0.05) is 25.4 Å². The van der Waals surface area contributed by atoms with Crippen LogP contribution in [0, 0.1) is 5.82 Å². The molecule has 2 nitrogen and oxygen atoms in total. The predicted octanol–water partition coefficient (Wildman–Crippen LogP) is 3.06. The molecule has 1 aromatic carbocycles. The topological polar surface area (TPSA) is 15.3 Å². The molecule has 0 amide bonds. The Balaban J connectivity index is 2.07. The van der Waals surface area contributed by atoms with Gasteiger partial charge in [-0.25, -0.2) is 4.39 Å². The molecule has 4 heteroatoms. The number of benzene rings is 1. The lowest BCUT2D eigenvalue weighted by atomic mass is 10.2. The number of nitrogens with zero attached hydrogens (tertiary/aromatic N) is 1. The van der Waals surface area contributed by atoms with E-state index in [-0.39, 0.29) is 5.82 Å². The summed E-state index contributed by atoms with van der Waals surface area (Å²) in [7, 11) is 0. The van der Waals surface area contributed by atoms with Gasteiger partial charge in [-0.15, -0.1) is 0 Å². The molecule has 0 radical (unpaired) electrons. The van der Waals surface area contributed by atoms with Crippen LogP contribution < -0.4 is 10.2 Å². The van der Waals surface area contributed by atoms with Crippen molar-refractivity contribution in [1.82, 2.24) is 5.32 Å². The van der Waals surface area contributed by atoms with Crippen LogP contribution in [0.5, 0.6) is 0 Å². The molecule has 1 unspecified atom stereocenters. The SMILES string of the molecule is CC(C)NC1CCN(c2cc(F)ccc2Cl)C1. The Bertz CT molecular complexity index is 395. The van der Waals surface area contributed by atoms with Gasteiger partial charge in [0.15, 0.2) is 0 Å². The van der Waals surface area contributed by atoms with E-state index in [1.165, 1.54) is 12.1 Å². The fraction of sp³-hybridized carbons (Fsp3) is 0.538. The minimum absolute atomic E-state index is 0.232. The predicted molar refractivity (Wildman–Crippen MR) is 70.3 cm³/mol. The molecular weight excluding hydrogens is 239 g/mol. The number of anilines is 1. The summed E-state index contributed by atoms with van der Waals surface area (Å²) in [6.45, 7) is 6.09. The summed E-state index contributed by atoms with van der Waals surface area (Å²) >= 11 is 6.10. The van der Waals surface area contributed by atoms with Gasteiger partial charge in [0.1, 0.15) is 5.82 Å². The van der Waals surface area contributed by atoms with Crippen molar-refractivity contribution in [2.24, 2.45) is 0 Å². The van der Waals surface area contributed by atoms with E-state index >= 15 is 0 Å². The summed E-state index contributed by atoms with van der Waals surface area (Å²) in [6, 6.07) is 5.47. The third-order valence-corrected chi connectivity index (χ3v) is 3.33. The van der Waals surface area contributed by atoms with E-state index in [9.17, 15) is 4.39 Å². The molecule has 1 aliphatic rings. The summed E-state index contributed by atoms with van der Waals surface area (Å²) in [6.07, 6.45) is 1.07. The summed E-state index contributed by atoms with van der Waals surface area (Å²) in [5.74, 6) is -0.232. The van der Waals surface area contributed by atoms with Crippen molar-refractivity contribution in [2.75, 3.05) is 18.0 Å². The smallest absolute Gasteiger partial charge is 0.125 e. The Morgan fingerprint density at radius 2 is 2.24 bits per heavy atom. The zero-order valence-electron chi connectivity index (χ0n) is 10.2. The van der Waals surface area contributed by atoms with Crippen LogP contribution in [-0.4, -0.2) is 25.2 Å². The molecule has 2 rings (SSSR count). The molecule has 0 spiro atoms. The Kier molecular flexibility index (Phi) is 3.89. The van der Waals surface area contributed by atoms with E-state index in [4.69, 9.17) is 11.6 Å². The molecule has 17 heavy (non-hydrogen) atoms. The lowest BCUT2D eigenvalue weighted by molar-refractivity contribution is 0.492. The molecule has 1 N–H and O–H groups in total. The third-order valence-electron chi connectivity index (χ3n) is 3.01. The van der Waals surface area contributed by atoms with E-state index in [2.05, 4.69) is 24.1 Å². The third kappa shape index (κ3) is 3.11. The number of halogens is 2. The maximum absolute atomic E-state index is 13.2. The lowest BCUT2D eigenvalue weighted by Crippen LogP contribution is -2.37. The molecule has 0 aromatic heterocycles. The normalized spacial score (nSPS) is 20.3. The Hall–Kier alpha value is -0.800. The van der Waals surface area contributed by atoms with Crippen LogP contribution in [-0.2, 0) is 0 Å². The maximum Gasteiger partial charge on any atom is 0.125 e. The highest BCUT2D eigenvalue weighted by molar-refractivity contribution is 6.33. The van der Waals surface area contributed by atoms with Crippen molar-refractivity contribution in [3.8, 4) is 0 Å². The van der Waals surface area contributed by atoms with Crippen molar-refractivity contribution in [3.63, 3.8) is 0 Å². The first kappa shape index (κ1) is 12.7. The van der Waals surface area contributed by atoms with Gasteiger partial charge < -0.3 is 10.2 Å². The van der Waals surface area contributed by atoms with Crippen molar-refractivity contribution < 1.29 is 4.39 Å². The second-order valence-corrected chi connectivity index (χ2v) is 5.26. The van der Waals surface area contributed by atoms with E-state index < -0.39 is 0 Å². The average molecular weight is 257 g/mol. The summed E-state index contributed by atoms with van der Waals surface area (Å²) < 4.78 is 13.2. The van der Waals surface area contributed by atoms with Crippen LogP contribution in [0.25, 0.3) is 0 Å². The fourth-order valence-corrected chi connectivity index (χ4v) is 2.55. The Morgan fingerprint density at radius 1 is 1.47 bits per heavy atom. The summed E-state index contributed by atoms with van der Waals surface area (Å²) in [5.41, 5.74) is 0.805.